The lowest BCUT2D eigenvalue weighted by Crippen LogP contribution is -1.84. The van der Waals surface area contributed by atoms with E-state index in [0.717, 1.165) is 0 Å². The Morgan fingerprint density at radius 3 is 2.82 bits per heavy atom. The molecule has 1 aromatic rings. The molecule has 0 amide bonds. The molecule has 11 heavy (non-hydrogen) atoms. The number of hydrogen-bond acceptors (Lipinski definition) is 1. The summed E-state index contributed by atoms with van der Waals surface area (Å²) in [6, 6.07) is 5.94. The van der Waals surface area contributed by atoms with E-state index in [2.05, 4.69) is 0 Å². The van der Waals surface area contributed by atoms with Gasteiger partial charge in [0, 0.05) is 5.02 Å². The summed E-state index contributed by atoms with van der Waals surface area (Å²) < 4.78 is 12.4. The van der Waals surface area contributed by atoms with Gasteiger partial charge in [0.1, 0.15) is 5.82 Å². The third-order valence-electron chi connectivity index (χ3n) is 1.28. The fourth-order valence-corrected chi connectivity index (χ4v) is 0.984. The number of benzene rings is 1. The molecule has 0 saturated carbocycles. The van der Waals surface area contributed by atoms with Gasteiger partial charge in [0.05, 0.1) is 12.5 Å². The molecule has 0 N–H and O–H groups in total. The molecule has 0 aromatic heterocycles. The summed E-state index contributed by atoms with van der Waals surface area (Å²) in [4.78, 5) is 0. The zero-order valence-electron chi connectivity index (χ0n) is 5.64. The maximum absolute atomic E-state index is 12.4. The summed E-state index contributed by atoms with van der Waals surface area (Å²) in [5.74, 6) is -0.378. The molecule has 0 unspecified atom stereocenters. The third kappa shape index (κ3) is 1.92. The molecule has 0 spiro atoms. The molecular weight excluding hydrogens is 165 g/mol. The van der Waals surface area contributed by atoms with Crippen molar-refractivity contribution in [3.05, 3.63) is 34.6 Å². The van der Waals surface area contributed by atoms with E-state index in [0.29, 0.717) is 10.6 Å². The fourth-order valence-electron chi connectivity index (χ4n) is 0.750. The van der Waals surface area contributed by atoms with Gasteiger partial charge in [-0.25, -0.2) is 4.39 Å². The summed E-state index contributed by atoms with van der Waals surface area (Å²) in [7, 11) is 0. The van der Waals surface area contributed by atoms with Crippen LogP contribution in [0.25, 0.3) is 0 Å². The van der Waals surface area contributed by atoms with Gasteiger partial charge in [0.25, 0.3) is 0 Å². The van der Waals surface area contributed by atoms with Crippen LogP contribution in [0.5, 0.6) is 0 Å². The number of nitrogens with zero attached hydrogens (tertiary/aromatic N) is 1. The SMILES string of the molecule is N#CCc1ccc(F)cc1Cl. The van der Waals surface area contributed by atoms with Crippen molar-refractivity contribution in [3.8, 4) is 6.07 Å². The average molecular weight is 170 g/mol. The van der Waals surface area contributed by atoms with Crippen LogP contribution in [0.1, 0.15) is 5.56 Å². The lowest BCUT2D eigenvalue weighted by molar-refractivity contribution is 0.627. The van der Waals surface area contributed by atoms with Crippen molar-refractivity contribution in [3.63, 3.8) is 0 Å². The first-order valence-corrected chi connectivity index (χ1v) is 3.42. The highest BCUT2D eigenvalue weighted by Gasteiger charge is 1.99. The van der Waals surface area contributed by atoms with Crippen LogP contribution >= 0.6 is 11.6 Å². The monoisotopic (exact) mass is 169 g/mol. The summed E-state index contributed by atoms with van der Waals surface area (Å²) in [6.45, 7) is 0. The van der Waals surface area contributed by atoms with Crippen molar-refractivity contribution in [1.82, 2.24) is 0 Å². The first-order chi connectivity index (χ1) is 5.24. The van der Waals surface area contributed by atoms with Crippen LogP contribution in [-0.4, -0.2) is 0 Å². The Morgan fingerprint density at radius 2 is 2.27 bits per heavy atom. The van der Waals surface area contributed by atoms with E-state index in [1.165, 1.54) is 18.2 Å². The van der Waals surface area contributed by atoms with E-state index in [9.17, 15) is 4.39 Å². The van der Waals surface area contributed by atoms with Gasteiger partial charge < -0.3 is 0 Å². The predicted octanol–water partition coefficient (Wildman–Crippen LogP) is 2.55. The molecule has 0 aliphatic rings. The Kier molecular flexibility index (Phi) is 2.45. The lowest BCUT2D eigenvalue weighted by atomic mass is 10.2. The maximum Gasteiger partial charge on any atom is 0.124 e. The van der Waals surface area contributed by atoms with Crippen LogP contribution in [0.4, 0.5) is 4.39 Å². The summed E-state index contributed by atoms with van der Waals surface area (Å²) in [5, 5.41) is 8.62. The highest BCUT2D eigenvalue weighted by Crippen LogP contribution is 2.16. The zero-order valence-corrected chi connectivity index (χ0v) is 6.40. The molecule has 3 heteroatoms. The zero-order chi connectivity index (χ0) is 8.27. The van der Waals surface area contributed by atoms with Crippen molar-refractivity contribution in [1.29, 1.82) is 5.26 Å². The number of nitriles is 1. The average Bonchev–Trinajstić information content (AvgIpc) is 1.95. The standard InChI is InChI=1S/C8H5ClFN/c9-8-5-7(10)2-1-6(8)3-4-11/h1-2,5H,3H2. The highest BCUT2D eigenvalue weighted by molar-refractivity contribution is 6.31. The normalized spacial score (nSPS) is 9.18. The minimum absolute atomic E-state index is 0.221. The van der Waals surface area contributed by atoms with E-state index in [1.54, 1.807) is 0 Å². The van der Waals surface area contributed by atoms with Gasteiger partial charge in [-0.3, -0.25) is 0 Å². The Morgan fingerprint density at radius 1 is 1.55 bits per heavy atom. The smallest absolute Gasteiger partial charge is 0.124 e. The molecule has 1 rings (SSSR count). The van der Waals surface area contributed by atoms with Crippen molar-refractivity contribution >= 4 is 11.6 Å². The van der Waals surface area contributed by atoms with E-state index in [4.69, 9.17) is 16.9 Å². The van der Waals surface area contributed by atoms with Crippen molar-refractivity contribution < 1.29 is 4.39 Å². The third-order valence-corrected chi connectivity index (χ3v) is 1.64. The van der Waals surface area contributed by atoms with Crippen LogP contribution in [-0.2, 0) is 6.42 Å². The molecule has 1 aromatic carbocycles. The molecule has 0 atom stereocenters. The molecule has 0 fully saturated rings. The quantitative estimate of drug-likeness (QED) is 0.634. The molecule has 0 heterocycles. The van der Waals surface area contributed by atoms with Crippen molar-refractivity contribution in [2.45, 2.75) is 6.42 Å². The summed E-state index contributed by atoms with van der Waals surface area (Å²) in [6.07, 6.45) is 0.221. The molecule has 0 radical (unpaired) electrons. The minimum Gasteiger partial charge on any atom is -0.207 e. The van der Waals surface area contributed by atoms with E-state index >= 15 is 0 Å². The Labute approximate surface area is 69.0 Å². The Balaban J connectivity index is 3.01. The van der Waals surface area contributed by atoms with Gasteiger partial charge in [-0.15, -0.1) is 0 Å². The molecule has 0 aliphatic heterocycles. The van der Waals surface area contributed by atoms with E-state index < -0.39 is 0 Å². The van der Waals surface area contributed by atoms with Gasteiger partial charge in [-0.2, -0.15) is 5.26 Å². The predicted molar refractivity (Wildman–Crippen MR) is 40.7 cm³/mol. The topological polar surface area (TPSA) is 23.8 Å². The Hall–Kier alpha value is -1.07. The van der Waals surface area contributed by atoms with Crippen LogP contribution in [0, 0.1) is 17.1 Å². The second-order valence-electron chi connectivity index (χ2n) is 2.07. The Bertz CT molecular complexity index is 303. The van der Waals surface area contributed by atoms with Crippen molar-refractivity contribution in [2.24, 2.45) is 0 Å². The van der Waals surface area contributed by atoms with Gasteiger partial charge >= 0.3 is 0 Å². The number of rotatable bonds is 1. The highest BCUT2D eigenvalue weighted by atomic mass is 35.5. The van der Waals surface area contributed by atoms with Gasteiger partial charge in [0.2, 0.25) is 0 Å². The second-order valence-corrected chi connectivity index (χ2v) is 2.48. The van der Waals surface area contributed by atoms with Crippen LogP contribution in [0.3, 0.4) is 0 Å². The van der Waals surface area contributed by atoms with E-state index in [1.807, 2.05) is 6.07 Å². The van der Waals surface area contributed by atoms with Gasteiger partial charge in [0.15, 0.2) is 0 Å². The minimum atomic E-state index is -0.378. The van der Waals surface area contributed by atoms with Crippen LogP contribution in [0.15, 0.2) is 18.2 Å². The second kappa shape index (κ2) is 3.36. The molecular formula is C8H5ClFN. The van der Waals surface area contributed by atoms with Gasteiger partial charge in [-0.1, -0.05) is 17.7 Å². The molecule has 0 aliphatic carbocycles. The summed E-state index contributed by atoms with van der Waals surface area (Å²) >= 11 is 5.62. The fraction of sp³-hybridized carbons (Fsp3) is 0.125. The van der Waals surface area contributed by atoms with Crippen LogP contribution in [0.2, 0.25) is 5.02 Å². The van der Waals surface area contributed by atoms with Crippen molar-refractivity contribution in [2.75, 3.05) is 0 Å². The molecule has 0 bridgehead atoms. The number of hydrogen-bond donors (Lipinski definition) is 0. The van der Waals surface area contributed by atoms with Gasteiger partial charge in [-0.05, 0) is 17.7 Å². The number of halogens is 2. The van der Waals surface area contributed by atoms with E-state index in [-0.39, 0.29) is 12.2 Å². The van der Waals surface area contributed by atoms with Crippen LogP contribution < -0.4 is 0 Å². The summed E-state index contributed by atoms with van der Waals surface area (Å²) in [5.41, 5.74) is 0.663. The largest absolute Gasteiger partial charge is 0.207 e. The molecule has 0 saturated heterocycles. The maximum atomic E-state index is 12.4. The first-order valence-electron chi connectivity index (χ1n) is 3.05. The molecule has 56 valence electrons. The molecule has 1 nitrogen and oxygen atoms in total. The lowest BCUT2D eigenvalue weighted by Gasteiger charge is -1.96. The first kappa shape index (κ1) is 8.03.